The van der Waals surface area contributed by atoms with Crippen LogP contribution in [0.4, 0.5) is 0 Å². The lowest BCUT2D eigenvalue weighted by atomic mass is 10.0. The van der Waals surface area contributed by atoms with Crippen LogP contribution >= 0.6 is 0 Å². The molecule has 110 valence electrons. The highest BCUT2D eigenvalue weighted by Crippen LogP contribution is 2.28. The SMILES string of the molecule is CCC(c1ccccc1)N1CCN(C2CCCC2)CC1. The van der Waals surface area contributed by atoms with Gasteiger partial charge in [0.05, 0.1) is 0 Å². The van der Waals surface area contributed by atoms with Crippen molar-refractivity contribution in [2.45, 2.75) is 51.1 Å². The minimum absolute atomic E-state index is 0.613. The zero-order valence-electron chi connectivity index (χ0n) is 12.8. The highest BCUT2D eigenvalue weighted by atomic mass is 15.3. The van der Waals surface area contributed by atoms with E-state index in [0.29, 0.717) is 6.04 Å². The minimum Gasteiger partial charge on any atom is -0.298 e. The Morgan fingerprint density at radius 2 is 1.65 bits per heavy atom. The summed E-state index contributed by atoms with van der Waals surface area (Å²) in [5.41, 5.74) is 1.49. The first-order valence-electron chi connectivity index (χ1n) is 8.41. The molecule has 1 unspecified atom stereocenters. The fourth-order valence-corrected chi connectivity index (χ4v) is 4.06. The molecular weight excluding hydrogens is 244 g/mol. The quantitative estimate of drug-likeness (QED) is 0.824. The van der Waals surface area contributed by atoms with E-state index in [1.807, 2.05) is 0 Å². The average molecular weight is 272 g/mol. The van der Waals surface area contributed by atoms with Gasteiger partial charge in [-0.15, -0.1) is 0 Å². The van der Waals surface area contributed by atoms with Crippen molar-refractivity contribution in [3.8, 4) is 0 Å². The molecule has 2 aliphatic rings. The summed E-state index contributed by atoms with van der Waals surface area (Å²) in [5, 5.41) is 0. The van der Waals surface area contributed by atoms with E-state index >= 15 is 0 Å². The van der Waals surface area contributed by atoms with Crippen LogP contribution in [-0.4, -0.2) is 42.0 Å². The molecule has 0 spiro atoms. The largest absolute Gasteiger partial charge is 0.298 e. The third kappa shape index (κ3) is 3.07. The second-order valence-corrected chi connectivity index (χ2v) is 6.34. The zero-order valence-corrected chi connectivity index (χ0v) is 12.8. The molecule has 20 heavy (non-hydrogen) atoms. The molecule has 2 nitrogen and oxygen atoms in total. The van der Waals surface area contributed by atoms with E-state index in [1.165, 1.54) is 63.8 Å². The van der Waals surface area contributed by atoms with E-state index in [-0.39, 0.29) is 0 Å². The fourth-order valence-electron chi connectivity index (χ4n) is 4.06. The molecular formula is C18H28N2. The van der Waals surface area contributed by atoms with Gasteiger partial charge >= 0.3 is 0 Å². The lowest BCUT2D eigenvalue weighted by Crippen LogP contribution is -2.50. The van der Waals surface area contributed by atoms with Gasteiger partial charge in [0.15, 0.2) is 0 Å². The topological polar surface area (TPSA) is 6.48 Å². The first kappa shape index (κ1) is 14.1. The summed E-state index contributed by atoms with van der Waals surface area (Å²) in [4.78, 5) is 5.45. The van der Waals surface area contributed by atoms with Gasteiger partial charge in [-0.2, -0.15) is 0 Å². The maximum absolute atomic E-state index is 2.75. The van der Waals surface area contributed by atoms with Crippen LogP contribution in [0.15, 0.2) is 30.3 Å². The summed E-state index contributed by atoms with van der Waals surface area (Å²) in [5.74, 6) is 0. The summed E-state index contributed by atoms with van der Waals surface area (Å²) in [6, 6.07) is 12.6. The van der Waals surface area contributed by atoms with Crippen molar-refractivity contribution in [2.75, 3.05) is 26.2 Å². The van der Waals surface area contributed by atoms with E-state index < -0.39 is 0 Å². The predicted octanol–water partition coefficient (Wildman–Crippen LogP) is 3.70. The zero-order chi connectivity index (χ0) is 13.8. The third-order valence-electron chi connectivity index (χ3n) is 5.20. The second-order valence-electron chi connectivity index (χ2n) is 6.34. The molecule has 1 aliphatic carbocycles. The summed E-state index contributed by atoms with van der Waals surface area (Å²) in [7, 11) is 0. The Hall–Kier alpha value is -0.860. The summed E-state index contributed by atoms with van der Waals surface area (Å²) in [6.07, 6.45) is 7.00. The van der Waals surface area contributed by atoms with Gasteiger partial charge in [0.1, 0.15) is 0 Å². The number of hydrogen-bond donors (Lipinski definition) is 0. The normalized spacial score (nSPS) is 24.1. The van der Waals surface area contributed by atoms with Crippen LogP contribution in [0.3, 0.4) is 0 Å². The molecule has 1 saturated heterocycles. The van der Waals surface area contributed by atoms with Crippen molar-refractivity contribution < 1.29 is 0 Å². The molecule has 1 heterocycles. The molecule has 0 N–H and O–H groups in total. The Kier molecular flexibility index (Phi) is 4.74. The third-order valence-corrected chi connectivity index (χ3v) is 5.20. The van der Waals surface area contributed by atoms with E-state index in [4.69, 9.17) is 0 Å². The van der Waals surface area contributed by atoms with Crippen LogP contribution in [-0.2, 0) is 0 Å². The lowest BCUT2D eigenvalue weighted by molar-refractivity contribution is 0.0686. The maximum Gasteiger partial charge on any atom is 0.0346 e. The molecule has 2 fully saturated rings. The monoisotopic (exact) mass is 272 g/mol. The average Bonchev–Trinajstić information content (AvgIpc) is 3.04. The van der Waals surface area contributed by atoms with Crippen molar-refractivity contribution in [1.29, 1.82) is 0 Å². The molecule has 1 aliphatic heterocycles. The van der Waals surface area contributed by atoms with E-state index in [0.717, 1.165) is 6.04 Å². The highest BCUT2D eigenvalue weighted by Gasteiger charge is 2.28. The molecule has 0 radical (unpaired) electrons. The van der Waals surface area contributed by atoms with Crippen LogP contribution < -0.4 is 0 Å². The standard InChI is InChI=1S/C18H28N2/c1-2-18(16-8-4-3-5-9-16)20-14-12-19(13-15-20)17-10-6-7-11-17/h3-5,8-9,17-18H,2,6-7,10-15H2,1H3. The van der Waals surface area contributed by atoms with Crippen molar-refractivity contribution in [3.05, 3.63) is 35.9 Å². The van der Waals surface area contributed by atoms with Crippen molar-refractivity contribution >= 4 is 0 Å². The summed E-state index contributed by atoms with van der Waals surface area (Å²) < 4.78 is 0. The predicted molar refractivity (Wildman–Crippen MR) is 84.9 cm³/mol. The number of nitrogens with zero attached hydrogens (tertiary/aromatic N) is 2. The van der Waals surface area contributed by atoms with E-state index in [9.17, 15) is 0 Å². The van der Waals surface area contributed by atoms with Crippen molar-refractivity contribution in [1.82, 2.24) is 9.80 Å². The Labute approximate surface area is 123 Å². The number of hydrogen-bond acceptors (Lipinski definition) is 2. The summed E-state index contributed by atoms with van der Waals surface area (Å²) in [6.45, 7) is 7.34. The first-order valence-corrected chi connectivity index (χ1v) is 8.41. The van der Waals surface area contributed by atoms with Crippen LogP contribution in [0.5, 0.6) is 0 Å². The highest BCUT2D eigenvalue weighted by molar-refractivity contribution is 5.19. The Balaban J connectivity index is 1.59. The molecule has 0 amide bonds. The lowest BCUT2D eigenvalue weighted by Gasteiger charge is -2.41. The van der Waals surface area contributed by atoms with E-state index in [1.54, 1.807) is 0 Å². The molecule has 1 atom stereocenters. The van der Waals surface area contributed by atoms with Gasteiger partial charge < -0.3 is 0 Å². The number of piperazine rings is 1. The molecule has 1 saturated carbocycles. The van der Waals surface area contributed by atoms with Gasteiger partial charge in [0.25, 0.3) is 0 Å². The van der Waals surface area contributed by atoms with Crippen molar-refractivity contribution in [3.63, 3.8) is 0 Å². The molecule has 0 bridgehead atoms. The first-order chi connectivity index (χ1) is 9.88. The fraction of sp³-hybridized carbons (Fsp3) is 0.667. The van der Waals surface area contributed by atoms with Gasteiger partial charge in [0, 0.05) is 38.3 Å². The minimum atomic E-state index is 0.613. The van der Waals surface area contributed by atoms with Gasteiger partial charge in [-0.3, -0.25) is 9.80 Å². The van der Waals surface area contributed by atoms with Crippen LogP contribution in [0.2, 0.25) is 0 Å². The molecule has 0 aromatic heterocycles. The molecule has 1 aromatic carbocycles. The Morgan fingerprint density at radius 3 is 2.25 bits per heavy atom. The van der Waals surface area contributed by atoms with E-state index in [2.05, 4.69) is 47.1 Å². The smallest absolute Gasteiger partial charge is 0.0346 e. The summed E-state index contributed by atoms with van der Waals surface area (Å²) >= 11 is 0. The molecule has 1 aromatic rings. The van der Waals surface area contributed by atoms with Gasteiger partial charge in [-0.1, -0.05) is 50.1 Å². The van der Waals surface area contributed by atoms with Crippen molar-refractivity contribution in [2.24, 2.45) is 0 Å². The van der Waals surface area contributed by atoms with Crippen LogP contribution in [0.25, 0.3) is 0 Å². The molecule has 3 rings (SSSR count). The van der Waals surface area contributed by atoms with Crippen LogP contribution in [0.1, 0.15) is 50.6 Å². The molecule has 2 heteroatoms. The Bertz CT molecular complexity index is 389. The second kappa shape index (κ2) is 6.73. The Morgan fingerprint density at radius 1 is 1.00 bits per heavy atom. The maximum atomic E-state index is 2.75. The van der Waals surface area contributed by atoms with Gasteiger partial charge in [-0.25, -0.2) is 0 Å². The number of rotatable bonds is 4. The van der Waals surface area contributed by atoms with Gasteiger partial charge in [0.2, 0.25) is 0 Å². The number of benzene rings is 1. The van der Waals surface area contributed by atoms with Gasteiger partial charge in [-0.05, 0) is 24.8 Å². The van der Waals surface area contributed by atoms with Crippen LogP contribution in [0, 0.1) is 0 Å².